The molecule has 2 N–H and O–H groups in total. The predicted octanol–water partition coefficient (Wildman–Crippen LogP) is 3.61. The highest BCUT2D eigenvalue weighted by Crippen LogP contribution is 2.15. The van der Waals surface area contributed by atoms with Crippen LogP contribution in [-0.2, 0) is 0 Å². The molecule has 0 amide bonds. The van der Waals surface area contributed by atoms with Gasteiger partial charge in [0.25, 0.3) is 0 Å². The van der Waals surface area contributed by atoms with E-state index >= 15 is 0 Å². The molecule has 1 aliphatic rings. The molecule has 0 aromatic heterocycles. The van der Waals surface area contributed by atoms with E-state index in [-0.39, 0.29) is 24.0 Å². The van der Waals surface area contributed by atoms with E-state index in [1.54, 1.807) is 0 Å². The number of rotatable bonds is 6. The van der Waals surface area contributed by atoms with Crippen molar-refractivity contribution in [3.63, 3.8) is 0 Å². The Morgan fingerprint density at radius 3 is 2.59 bits per heavy atom. The highest BCUT2D eigenvalue weighted by molar-refractivity contribution is 14.0. The van der Waals surface area contributed by atoms with Crippen LogP contribution in [0.3, 0.4) is 0 Å². The summed E-state index contributed by atoms with van der Waals surface area (Å²) in [6.07, 6.45) is 6.52. The van der Waals surface area contributed by atoms with Crippen molar-refractivity contribution in [3.8, 4) is 5.75 Å². The second-order valence-electron chi connectivity index (χ2n) is 4.85. The lowest BCUT2D eigenvalue weighted by atomic mass is 10.2. The van der Waals surface area contributed by atoms with Gasteiger partial charge in [-0.05, 0) is 44.0 Å². The SMILES string of the molecule is CCNC(=NCCOc1ccc(Cl)cc1)NC1CC=CC1.I. The summed E-state index contributed by atoms with van der Waals surface area (Å²) in [6, 6.07) is 7.82. The molecular formula is C16H23ClIN3O. The summed E-state index contributed by atoms with van der Waals surface area (Å²) in [5, 5.41) is 7.39. The van der Waals surface area contributed by atoms with Crippen LogP contribution in [0.1, 0.15) is 19.8 Å². The van der Waals surface area contributed by atoms with Crippen molar-refractivity contribution < 1.29 is 4.74 Å². The largest absolute Gasteiger partial charge is 0.492 e. The summed E-state index contributed by atoms with van der Waals surface area (Å²) in [5.74, 6) is 1.67. The molecule has 2 rings (SSSR count). The van der Waals surface area contributed by atoms with Crippen LogP contribution in [0.5, 0.6) is 5.75 Å². The van der Waals surface area contributed by atoms with Gasteiger partial charge in [-0.2, -0.15) is 0 Å². The van der Waals surface area contributed by atoms with E-state index in [4.69, 9.17) is 16.3 Å². The Kier molecular flexibility index (Phi) is 9.31. The smallest absolute Gasteiger partial charge is 0.191 e. The minimum absolute atomic E-state index is 0. The van der Waals surface area contributed by atoms with Gasteiger partial charge in [0.05, 0.1) is 6.54 Å². The highest BCUT2D eigenvalue weighted by Gasteiger charge is 2.11. The van der Waals surface area contributed by atoms with Crippen molar-refractivity contribution in [2.45, 2.75) is 25.8 Å². The van der Waals surface area contributed by atoms with Crippen molar-refractivity contribution in [2.75, 3.05) is 19.7 Å². The summed E-state index contributed by atoms with van der Waals surface area (Å²) in [6.45, 7) is 4.07. The molecule has 0 saturated carbocycles. The zero-order valence-corrected chi connectivity index (χ0v) is 15.8. The first kappa shape index (κ1) is 19.1. The Balaban J connectivity index is 0.00000242. The van der Waals surface area contributed by atoms with Gasteiger partial charge in [-0.1, -0.05) is 23.8 Å². The van der Waals surface area contributed by atoms with Crippen molar-refractivity contribution in [2.24, 2.45) is 4.99 Å². The minimum atomic E-state index is 0. The van der Waals surface area contributed by atoms with Crippen LogP contribution in [0.15, 0.2) is 41.4 Å². The average Bonchev–Trinajstić information content (AvgIpc) is 2.98. The molecule has 0 fully saturated rings. The summed E-state index contributed by atoms with van der Waals surface area (Å²) in [5.41, 5.74) is 0. The molecule has 0 unspecified atom stereocenters. The highest BCUT2D eigenvalue weighted by atomic mass is 127. The van der Waals surface area contributed by atoms with Crippen LogP contribution in [0, 0.1) is 0 Å². The molecule has 6 heteroatoms. The molecule has 0 heterocycles. The van der Waals surface area contributed by atoms with E-state index < -0.39 is 0 Å². The van der Waals surface area contributed by atoms with E-state index in [9.17, 15) is 0 Å². The standard InChI is InChI=1S/C16H22ClN3O.HI/c1-2-18-16(20-14-5-3-4-6-14)19-11-12-21-15-9-7-13(17)8-10-15;/h3-4,7-10,14H,2,5-6,11-12H2,1H3,(H2,18,19,20);1H. The molecule has 0 saturated heterocycles. The third-order valence-electron chi connectivity index (χ3n) is 3.14. The van der Waals surface area contributed by atoms with Crippen LogP contribution < -0.4 is 15.4 Å². The third kappa shape index (κ3) is 6.87. The molecule has 0 atom stereocenters. The van der Waals surface area contributed by atoms with Crippen LogP contribution in [0.2, 0.25) is 5.02 Å². The van der Waals surface area contributed by atoms with E-state index in [1.165, 1.54) is 0 Å². The molecule has 22 heavy (non-hydrogen) atoms. The van der Waals surface area contributed by atoms with Crippen LogP contribution in [0.4, 0.5) is 0 Å². The molecule has 1 aromatic rings. The number of halogens is 2. The normalized spacial score (nSPS) is 14.5. The topological polar surface area (TPSA) is 45.7 Å². The second-order valence-corrected chi connectivity index (χ2v) is 5.28. The average molecular weight is 436 g/mol. The van der Waals surface area contributed by atoms with Gasteiger partial charge in [0.1, 0.15) is 12.4 Å². The first-order valence-corrected chi connectivity index (χ1v) is 7.74. The Morgan fingerprint density at radius 1 is 1.27 bits per heavy atom. The number of aliphatic imine (C=N–C) groups is 1. The fourth-order valence-corrected chi connectivity index (χ4v) is 2.23. The molecule has 0 aliphatic heterocycles. The van der Waals surface area contributed by atoms with Crippen molar-refractivity contribution in [1.29, 1.82) is 0 Å². The maximum absolute atomic E-state index is 5.83. The molecule has 4 nitrogen and oxygen atoms in total. The maximum Gasteiger partial charge on any atom is 0.191 e. The summed E-state index contributed by atoms with van der Waals surface area (Å²) in [7, 11) is 0. The Hall–Kier alpha value is -0.950. The van der Waals surface area contributed by atoms with Gasteiger partial charge in [-0.3, -0.25) is 0 Å². The fraction of sp³-hybridized carbons (Fsp3) is 0.438. The Labute approximate surface area is 154 Å². The zero-order valence-electron chi connectivity index (χ0n) is 12.7. The van der Waals surface area contributed by atoms with E-state index in [0.29, 0.717) is 24.2 Å². The van der Waals surface area contributed by atoms with Gasteiger partial charge >= 0.3 is 0 Å². The number of guanidine groups is 1. The van der Waals surface area contributed by atoms with Gasteiger partial charge in [0.15, 0.2) is 5.96 Å². The number of hydrogen-bond acceptors (Lipinski definition) is 2. The van der Waals surface area contributed by atoms with E-state index in [0.717, 1.165) is 31.1 Å². The number of nitrogens with zero attached hydrogens (tertiary/aromatic N) is 1. The summed E-state index contributed by atoms with van der Waals surface area (Å²) < 4.78 is 5.63. The quantitative estimate of drug-likeness (QED) is 0.236. The molecule has 0 radical (unpaired) electrons. The van der Waals surface area contributed by atoms with E-state index in [1.807, 2.05) is 24.3 Å². The lowest BCUT2D eigenvalue weighted by Crippen LogP contribution is -2.42. The summed E-state index contributed by atoms with van der Waals surface area (Å²) >= 11 is 5.83. The molecule has 0 spiro atoms. The van der Waals surface area contributed by atoms with Crippen LogP contribution in [0.25, 0.3) is 0 Å². The second kappa shape index (κ2) is 10.7. The number of ether oxygens (including phenoxy) is 1. The Morgan fingerprint density at radius 2 is 1.95 bits per heavy atom. The Bertz CT molecular complexity index is 483. The lowest BCUT2D eigenvalue weighted by Gasteiger charge is -2.16. The number of hydrogen-bond donors (Lipinski definition) is 2. The van der Waals surface area contributed by atoms with Crippen molar-refractivity contribution in [1.82, 2.24) is 10.6 Å². The van der Waals surface area contributed by atoms with Gasteiger partial charge in [0, 0.05) is 17.6 Å². The molecule has 0 bridgehead atoms. The first-order chi connectivity index (χ1) is 10.3. The van der Waals surface area contributed by atoms with Crippen LogP contribution >= 0.6 is 35.6 Å². The van der Waals surface area contributed by atoms with Crippen molar-refractivity contribution in [3.05, 3.63) is 41.4 Å². The molecule has 122 valence electrons. The minimum Gasteiger partial charge on any atom is -0.492 e. The van der Waals surface area contributed by atoms with Gasteiger partial charge in [-0.25, -0.2) is 4.99 Å². The van der Waals surface area contributed by atoms with E-state index in [2.05, 4.69) is 34.7 Å². The van der Waals surface area contributed by atoms with Gasteiger partial charge in [-0.15, -0.1) is 24.0 Å². The monoisotopic (exact) mass is 435 g/mol. The fourth-order valence-electron chi connectivity index (χ4n) is 2.10. The third-order valence-corrected chi connectivity index (χ3v) is 3.39. The molecule has 1 aromatic carbocycles. The molecule has 1 aliphatic carbocycles. The molecular weight excluding hydrogens is 413 g/mol. The number of benzene rings is 1. The van der Waals surface area contributed by atoms with Gasteiger partial charge < -0.3 is 15.4 Å². The lowest BCUT2D eigenvalue weighted by molar-refractivity contribution is 0.328. The van der Waals surface area contributed by atoms with Gasteiger partial charge in [0.2, 0.25) is 0 Å². The predicted molar refractivity (Wildman–Crippen MR) is 104 cm³/mol. The first-order valence-electron chi connectivity index (χ1n) is 7.36. The van der Waals surface area contributed by atoms with Crippen LogP contribution in [-0.4, -0.2) is 31.7 Å². The van der Waals surface area contributed by atoms with Crippen molar-refractivity contribution >= 4 is 41.5 Å². The number of nitrogens with one attached hydrogen (secondary N) is 2. The summed E-state index contributed by atoms with van der Waals surface area (Å²) in [4.78, 5) is 4.53. The zero-order chi connectivity index (χ0) is 14.9. The maximum atomic E-state index is 5.83.